The van der Waals surface area contributed by atoms with Crippen molar-refractivity contribution in [1.29, 1.82) is 0 Å². The van der Waals surface area contributed by atoms with Crippen molar-refractivity contribution in [3.63, 3.8) is 0 Å². The Morgan fingerprint density at radius 2 is 1.85 bits per heavy atom. The van der Waals surface area contributed by atoms with Crippen LogP contribution in [0.3, 0.4) is 0 Å². The molecule has 1 aliphatic rings. The summed E-state index contributed by atoms with van der Waals surface area (Å²) in [5, 5.41) is 5.66. The van der Waals surface area contributed by atoms with E-state index in [1.165, 1.54) is 17.0 Å². The Balaban J connectivity index is 1.87. The van der Waals surface area contributed by atoms with Crippen LogP contribution in [0.25, 0.3) is 0 Å². The highest BCUT2D eigenvalue weighted by molar-refractivity contribution is 5.74. The molecule has 27 heavy (non-hydrogen) atoms. The summed E-state index contributed by atoms with van der Waals surface area (Å²) in [5.74, 6) is -0.350. The van der Waals surface area contributed by atoms with E-state index in [0.717, 1.165) is 5.56 Å². The molecule has 0 spiro atoms. The molecular formula is C19H27F4N3O. The number of carbonyl (C=O) groups excluding carboxylic acids is 1. The molecule has 1 aromatic carbocycles. The van der Waals surface area contributed by atoms with Crippen molar-refractivity contribution >= 4 is 6.03 Å². The van der Waals surface area contributed by atoms with Crippen LogP contribution < -0.4 is 10.6 Å². The molecule has 0 bridgehead atoms. The molecule has 1 aromatic rings. The van der Waals surface area contributed by atoms with E-state index in [2.05, 4.69) is 10.6 Å². The van der Waals surface area contributed by atoms with Crippen LogP contribution in [0.15, 0.2) is 24.3 Å². The summed E-state index contributed by atoms with van der Waals surface area (Å²) in [6, 6.07) is 5.26. The molecule has 2 amide bonds. The first kappa shape index (κ1) is 21.5. The van der Waals surface area contributed by atoms with Crippen LogP contribution >= 0.6 is 0 Å². The summed E-state index contributed by atoms with van der Waals surface area (Å²) >= 11 is 0. The standard InChI is InChI=1S/C19H27F4N3O/c1-18(2,3)16(14-4-6-15(20)7-5-14)25-17(27)24-10-13-8-9-26(11-13)12-19(21,22)23/h4-7,13,16H,8-12H2,1-3H3,(H2,24,25,27)/t13-,16-/m0/s1. The van der Waals surface area contributed by atoms with Gasteiger partial charge < -0.3 is 10.6 Å². The zero-order chi connectivity index (χ0) is 20.2. The molecular weight excluding hydrogens is 362 g/mol. The first-order valence-electron chi connectivity index (χ1n) is 9.03. The smallest absolute Gasteiger partial charge is 0.338 e. The predicted molar refractivity (Wildman–Crippen MR) is 95.7 cm³/mol. The molecule has 0 aromatic heterocycles. The number of amides is 2. The van der Waals surface area contributed by atoms with Crippen LogP contribution in [0.1, 0.15) is 38.8 Å². The van der Waals surface area contributed by atoms with E-state index in [1.54, 1.807) is 12.1 Å². The van der Waals surface area contributed by atoms with Crippen LogP contribution in [0.5, 0.6) is 0 Å². The molecule has 2 N–H and O–H groups in total. The Hall–Kier alpha value is -1.83. The molecule has 1 saturated heterocycles. The highest BCUT2D eigenvalue weighted by Gasteiger charge is 2.34. The lowest BCUT2D eigenvalue weighted by atomic mass is 9.82. The first-order valence-corrected chi connectivity index (χ1v) is 9.03. The highest BCUT2D eigenvalue weighted by atomic mass is 19.4. The fraction of sp³-hybridized carbons (Fsp3) is 0.632. The molecule has 0 radical (unpaired) electrons. The van der Waals surface area contributed by atoms with E-state index in [0.29, 0.717) is 26.1 Å². The van der Waals surface area contributed by atoms with E-state index in [9.17, 15) is 22.4 Å². The van der Waals surface area contributed by atoms with Gasteiger partial charge in [0.05, 0.1) is 12.6 Å². The van der Waals surface area contributed by atoms with Crippen molar-refractivity contribution in [1.82, 2.24) is 15.5 Å². The SMILES string of the molecule is CC(C)(C)[C@@H](NC(=O)NC[C@@H]1CCN(CC(F)(F)F)C1)c1ccc(F)cc1. The number of carbonyl (C=O) groups is 1. The number of rotatable bonds is 5. The van der Waals surface area contributed by atoms with Crippen LogP contribution in [0.2, 0.25) is 0 Å². The van der Waals surface area contributed by atoms with E-state index < -0.39 is 12.7 Å². The number of halogens is 4. The van der Waals surface area contributed by atoms with Gasteiger partial charge in [0.15, 0.2) is 0 Å². The molecule has 2 rings (SSSR count). The van der Waals surface area contributed by atoms with Gasteiger partial charge in [0.1, 0.15) is 5.82 Å². The largest absolute Gasteiger partial charge is 0.401 e. The molecule has 0 aliphatic carbocycles. The Morgan fingerprint density at radius 1 is 1.22 bits per heavy atom. The lowest BCUT2D eigenvalue weighted by Gasteiger charge is -2.32. The summed E-state index contributed by atoms with van der Waals surface area (Å²) in [6.45, 7) is 6.01. The van der Waals surface area contributed by atoms with Crippen molar-refractivity contribution < 1.29 is 22.4 Å². The number of alkyl halides is 3. The number of hydrogen-bond acceptors (Lipinski definition) is 2. The second-order valence-electron chi connectivity index (χ2n) is 8.21. The van der Waals surface area contributed by atoms with E-state index in [1.807, 2.05) is 20.8 Å². The molecule has 0 saturated carbocycles. The summed E-state index contributed by atoms with van der Waals surface area (Å²) in [5.41, 5.74) is 0.489. The van der Waals surface area contributed by atoms with Crippen molar-refractivity contribution in [3.05, 3.63) is 35.6 Å². The van der Waals surface area contributed by atoms with Crippen molar-refractivity contribution in [2.24, 2.45) is 11.3 Å². The van der Waals surface area contributed by atoms with Gasteiger partial charge in [-0.3, -0.25) is 4.90 Å². The monoisotopic (exact) mass is 389 g/mol. The molecule has 1 fully saturated rings. The number of hydrogen-bond donors (Lipinski definition) is 2. The van der Waals surface area contributed by atoms with Crippen molar-refractivity contribution in [2.45, 2.75) is 39.4 Å². The number of nitrogens with one attached hydrogen (secondary N) is 2. The van der Waals surface area contributed by atoms with Crippen LogP contribution in [-0.2, 0) is 0 Å². The number of likely N-dealkylation sites (tertiary alicyclic amines) is 1. The Bertz CT molecular complexity index is 625. The van der Waals surface area contributed by atoms with E-state index in [-0.39, 0.29) is 29.2 Å². The second-order valence-corrected chi connectivity index (χ2v) is 8.21. The van der Waals surface area contributed by atoms with Gasteiger partial charge in [0, 0.05) is 13.1 Å². The quantitative estimate of drug-likeness (QED) is 0.745. The molecule has 0 unspecified atom stereocenters. The van der Waals surface area contributed by atoms with Crippen LogP contribution in [-0.4, -0.2) is 43.3 Å². The lowest BCUT2D eigenvalue weighted by molar-refractivity contribution is -0.143. The van der Waals surface area contributed by atoms with Crippen molar-refractivity contribution in [3.8, 4) is 0 Å². The molecule has 152 valence electrons. The minimum absolute atomic E-state index is 0.00277. The van der Waals surface area contributed by atoms with Crippen LogP contribution in [0, 0.1) is 17.2 Å². The van der Waals surface area contributed by atoms with E-state index >= 15 is 0 Å². The summed E-state index contributed by atoms with van der Waals surface area (Å²) in [7, 11) is 0. The second kappa shape index (κ2) is 8.46. The molecule has 8 heteroatoms. The fourth-order valence-electron chi connectivity index (χ4n) is 3.35. The van der Waals surface area contributed by atoms with Gasteiger partial charge in [-0.2, -0.15) is 13.2 Å². The first-order chi connectivity index (χ1) is 12.4. The number of benzene rings is 1. The average molecular weight is 389 g/mol. The zero-order valence-electron chi connectivity index (χ0n) is 15.9. The zero-order valence-corrected chi connectivity index (χ0v) is 15.9. The third-order valence-electron chi connectivity index (χ3n) is 4.67. The highest BCUT2D eigenvalue weighted by Crippen LogP contribution is 2.32. The Labute approximate surface area is 157 Å². The van der Waals surface area contributed by atoms with Gasteiger partial charge in [0.25, 0.3) is 0 Å². The van der Waals surface area contributed by atoms with Gasteiger partial charge in [-0.25, -0.2) is 9.18 Å². The fourth-order valence-corrected chi connectivity index (χ4v) is 3.35. The van der Waals surface area contributed by atoms with Gasteiger partial charge in [-0.15, -0.1) is 0 Å². The van der Waals surface area contributed by atoms with Gasteiger partial charge in [-0.05, 0) is 42.0 Å². The predicted octanol–water partition coefficient (Wildman–Crippen LogP) is 4.10. The summed E-state index contributed by atoms with van der Waals surface area (Å²) in [4.78, 5) is 13.7. The minimum atomic E-state index is -4.20. The average Bonchev–Trinajstić information content (AvgIpc) is 2.96. The third-order valence-corrected chi connectivity index (χ3v) is 4.67. The lowest BCUT2D eigenvalue weighted by Crippen LogP contribution is -2.44. The molecule has 4 nitrogen and oxygen atoms in total. The van der Waals surface area contributed by atoms with Crippen molar-refractivity contribution in [2.75, 3.05) is 26.2 Å². The maximum absolute atomic E-state index is 13.2. The normalized spacial score (nSPS) is 19.7. The topological polar surface area (TPSA) is 44.4 Å². The molecule has 1 heterocycles. The number of urea groups is 1. The molecule has 1 aliphatic heterocycles. The minimum Gasteiger partial charge on any atom is -0.338 e. The van der Waals surface area contributed by atoms with Gasteiger partial charge in [-0.1, -0.05) is 32.9 Å². The van der Waals surface area contributed by atoms with Crippen LogP contribution in [0.4, 0.5) is 22.4 Å². The van der Waals surface area contributed by atoms with Gasteiger partial charge >= 0.3 is 12.2 Å². The van der Waals surface area contributed by atoms with E-state index in [4.69, 9.17) is 0 Å². The number of nitrogens with zero attached hydrogens (tertiary/aromatic N) is 1. The van der Waals surface area contributed by atoms with Gasteiger partial charge in [0.2, 0.25) is 0 Å². The third kappa shape index (κ3) is 7.01. The maximum atomic E-state index is 13.2. The Kier molecular flexibility index (Phi) is 6.72. The summed E-state index contributed by atoms with van der Waals surface area (Å²) in [6.07, 6.45) is -3.58. The molecule has 2 atom stereocenters. The Morgan fingerprint density at radius 3 is 2.41 bits per heavy atom. The summed E-state index contributed by atoms with van der Waals surface area (Å²) < 4.78 is 50.5. The maximum Gasteiger partial charge on any atom is 0.401 e.